The zero-order chi connectivity index (χ0) is 15.9. The molecular weight excluding hydrogens is 306 g/mol. The maximum absolute atomic E-state index is 12.3. The molecule has 0 saturated heterocycles. The first-order valence-electron chi connectivity index (χ1n) is 6.66. The van der Waals surface area contributed by atoms with Crippen LogP contribution in [0.2, 0.25) is 0 Å². The van der Waals surface area contributed by atoms with Crippen LogP contribution in [0.25, 0.3) is 0 Å². The summed E-state index contributed by atoms with van der Waals surface area (Å²) in [6.07, 6.45) is 1.49. The Hall–Kier alpha value is -2.19. The quantitative estimate of drug-likeness (QED) is 0.906. The van der Waals surface area contributed by atoms with Crippen LogP contribution in [0.5, 0.6) is 0 Å². The molecule has 0 aliphatic carbocycles. The Morgan fingerprint density at radius 3 is 2.86 bits per heavy atom. The van der Waals surface area contributed by atoms with Crippen molar-refractivity contribution in [1.82, 2.24) is 9.71 Å². The summed E-state index contributed by atoms with van der Waals surface area (Å²) in [6.45, 7) is 1.77. The number of amides is 1. The molecule has 7 nitrogen and oxygen atoms in total. The molecular formula is C14H15N3O4S. The summed E-state index contributed by atoms with van der Waals surface area (Å²) in [5, 5.41) is 0. The zero-order valence-corrected chi connectivity index (χ0v) is 13.0. The van der Waals surface area contributed by atoms with Crippen molar-refractivity contribution in [1.29, 1.82) is 0 Å². The van der Waals surface area contributed by atoms with Crippen LogP contribution in [0.1, 0.15) is 17.0 Å². The lowest BCUT2D eigenvalue weighted by atomic mass is 10.2. The van der Waals surface area contributed by atoms with E-state index in [1.165, 1.54) is 23.4 Å². The molecule has 1 N–H and O–H groups in total. The number of likely N-dealkylation sites (N-methyl/N-ethyl adjacent to an activating group) is 1. The molecule has 1 aliphatic heterocycles. The van der Waals surface area contributed by atoms with Gasteiger partial charge in [0.15, 0.2) is 6.39 Å². The summed E-state index contributed by atoms with van der Waals surface area (Å²) in [6, 6.07) is 4.67. The minimum atomic E-state index is -3.68. The fourth-order valence-corrected chi connectivity index (χ4v) is 3.39. The zero-order valence-electron chi connectivity index (χ0n) is 12.2. The molecule has 2 aromatic rings. The molecule has 0 atom stereocenters. The number of oxazole rings is 1. The molecule has 1 aromatic heterocycles. The second-order valence-corrected chi connectivity index (χ2v) is 6.87. The number of carbonyl (C=O) groups excluding carboxylic acids is 1. The second-order valence-electron chi connectivity index (χ2n) is 5.11. The van der Waals surface area contributed by atoms with E-state index in [0.29, 0.717) is 17.0 Å². The minimum Gasteiger partial charge on any atom is -0.447 e. The van der Waals surface area contributed by atoms with Gasteiger partial charge < -0.3 is 9.32 Å². The molecule has 0 saturated carbocycles. The number of nitrogens with zero attached hydrogens (tertiary/aromatic N) is 2. The summed E-state index contributed by atoms with van der Waals surface area (Å²) in [5.74, 6) is 0.425. The van der Waals surface area contributed by atoms with E-state index in [1.807, 2.05) is 0 Å². The van der Waals surface area contributed by atoms with Gasteiger partial charge in [0.1, 0.15) is 5.76 Å². The van der Waals surface area contributed by atoms with Gasteiger partial charge in [-0.2, -0.15) is 0 Å². The lowest BCUT2D eigenvalue weighted by molar-refractivity contribution is -0.117. The number of hydrogen-bond donors (Lipinski definition) is 1. The number of anilines is 1. The van der Waals surface area contributed by atoms with E-state index < -0.39 is 10.0 Å². The summed E-state index contributed by atoms with van der Waals surface area (Å²) in [4.78, 5) is 17.2. The van der Waals surface area contributed by atoms with Gasteiger partial charge in [-0.05, 0) is 30.7 Å². The van der Waals surface area contributed by atoms with Gasteiger partial charge in [-0.3, -0.25) is 4.79 Å². The van der Waals surface area contributed by atoms with E-state index in [4.69, 9.17) is 4.42 Å². The van der Waals surface area contributed by atoms with Crippen molar-refractivity contribution >= 4 is 21.6 Å². The Morgan fingerprint density at radius 2 is 2.18 bits per heavy atom. The van der Waals surface area contributed by atoms with Crippen molar-refractivity contribution in [2.75, 3.05) is 11.9 Å². The van der Waals surface area contributed by atoms with Crippen molar-refractivity contribution in [2.45, 2.75) is 24.8 Å². The van der Waals surface area contributed by atoms with Crippen LogP contribution in [0.4, 0.5) is 5.69 Å². The third-order valence-corrected chi connectivity index (χ3v) is 5.10. The predicted octanol–water partition coefficient (Wildman–Crippen LogP) is 0.980. The first-order valence-corrected chi connectivity index (χ1v) is 8.15. The van der Waals surface area contributed by atoms with Crippen LogP contribution in [-0.4, -0.2) is 26.4 Å². The number of aryl methyl sites for hydroxylation is 1. The number of benzene rings is 1. The number of nitrogens with one attached hydrogen (secondary N) is 1. The minimum absolute atomic E-state index is 0.0318. The maximum atomic E-state index is 12.3. The van der Waals surface area contributed by atoms with E-state index in [2.05, 4.69) is 9.71 Å². The summed E-state index contributed by atoms with van der Waals surface area (Å²) >= 11 is 0. The van der Waals surface area contributed by atoms with Crippen molar-refractivity contribution in [2.24, 2.45) is 0 Å². The van der Waals surface area contributed by atoms with Crippen LogP contribution < -0.4 is 9.62 Å². The molecule has 0 radical (unpaired) electrons. The number of aromatic nitrogens is 1. The number of rotatable bonds is 4. The number of sulfonamides is 1. The normalized spacial score (nSPS) is 14.5. The molecule has 0 fully saturated rings. The summed E-state index contributed by atoms with van der Waals surface area (Å²) < 4.78 is 32.2. The lowest BCUT2D eigenvalue weighted by Gasteiger charge is -2.11. The fourth-order valence-electron chi connectivity index (χ4n) is 2.35. The lowest BCUT2D eigenvalue weighted by Crippen LogP contribution is -2.23. The van der Waals surface area contributed by atoms with Gasteiger partial charge in [-0.25, -0.2) is 18.1 Å². The Bertz CT molecular complexity index is 842. The highest BCUT2D eigenvalue weighted by atomic mass is 32.2. The van der Waals surface area contributed by atoms with Gasteiger partial charge in [0.05, 0.1) is 23.6 Å². The first-order chi connectivity index (χ1) is 10.4. The molecule has 1 aliphatic rings. The van der Waals surface area contributed by atoms with E-state index in [9.17, 15) is 13.2 Å². The number of fused-ring (bicyclic) bond motifs is 1. The Morgan fingerprint density at radius 1 is 1.41 bits per heavy atom. The third-order valence-electron chi connectivity index (χ3n) is 3.71. The van der Waals surface area contributed by atoms with Gasteiger partial charge in [-0.15, -0.1) is 0 Å². The molecule has 0 unspecified atom stereocenters. The average molecular weight is 321 g/mol. The second kappa shape index (κ2) is 5.22. The van der Waals surface area contributed by atoms with Crippen molar-refractivity contribution < 1.29 is 17.6 Å². The SMILES string of the molecule is Cc1ncoc1CNS(=O)(=O)c1ccc2c(c1)CC(=O)N2C. The fraction of sp³-hybridized carbons (Fsp3) is 0.286. The highest BCUT2D eigenvalue weighted by molar-refractivity contribution is 7.89. The van der Waals surface area contributed by atoms with E-state index >= 15 is 0 Å². The Balaban J connectivity index is 1.83. The summed E-state index contributed by atoms with van der Waals surface area (Å²) in [7, 11) is -2.00. The highest BCUT2D eigenvalue weighted by Gasteiger charge is 2.26. The molecule has 3 rings (SSSR count). The molecule has 116 valence electrons. The third kappa shape index (κ3) is 2.51. The number of hydrogen-bond acceptors (Lipinski definition) is 5. The van der Waals surface area contributed by atoms with Crippen LogP contribution in [0, 0.1) is 6.92 Å². The molecule has 0 spiro atoms. The molecule has 2 heterocycles. The molecule has 22 heavy (non-hydrogen) atoms. The van der Waals surface area contributed by atoms with E-state index in [-0.39, 0.29) is 23.8 Å². The van der Waals surface area contributed by atoms with E-state index in [1.54, 1.807) is 20.0 Å². The Kier molecular flexibility index (Phi) is 3.50. The topological polar surface area (TPSA) is 92.5 Å². The summed E-state index contributed by atoms with van der Waals surface area (Å²) in [5.41, 5.74) is 2.10. The maximum Gasteiger partial charge on any atom is 0.240 e. The highest BCUT2D eigenvalue weighted by Crippen LogP contribution is 2.29. The predicted molar refractivity (Wildman–Crippen MR) is 78.8 cm³/mol. The number of carbonyl (C=O) groups is 1. The van der Waals surface area contributed by atoms with Gasteiger partial charge in [0, 0.05) is 12.7 Å². The molecule has 0 bridgehead atoms. The van der Waals surface area contributed by atoms with Crippen LogP contribution >= 0.6 is 0 Å². The average Bonchev–Trinajstić information content (AvgIpc) is 3.01. The Labute approximate surface area is 128 Å². The van der Waals surface area contributed by atoms with Crippen LogP contribution in [-0.2, 0) is 27.8 Å². The molecule has 1 aromatic carbocycles. The van der Waals surface area contributed by atoms with Gasteiger partial charge in [-0.1, -0.05) is 0 Å². The molecule has 1 amide bonds. The molecule has 8 heteroatoms. The van der Waals surface area contributed by atoms with Gasteiger partial charge in [0.2, 0.25) is 15.9 Å². The van der Waals surface area contributed by atoms with E-state index in [0.717, 1.165) is 5.69 Å². The monoisotopic (exact) mass is 321 g/mol. The largest absolute Gasteiger partial charge is 0.447 e. The van der Waals surface area contributed by atoms with Gasteiger partial charge in [0.25, 0.3) is 0 Å². The van der Waals surface area contributed by atoms with Crippen LogP contribution in [0.3, 0.4) is 0 Å². The standard InChI is InChI=1S/C14H15N3O4S/c1-9-13(21-8-15-9)7-16-22(19,20)11-3-4-12-10(5-11)6-14(18)17(12)2/h3-5,8,16H,6-7H2,1-2H3. The van der Waals surface area contributed by atoms with Crippen molar-refractivity contribution in [3.8, 4) is 0 Å². The van der Waals surface area contributed by atoms with Gasteiger partial charge >= 0.3 is 0 Å². The van der Waals surface area contributed by atoms with Crippen molar-refractivity contribution in [3.63, 3.8) is 0 Å². The van der Waals surface area contributed by atoms with Crippen molar-refractivity contribution in [3.05, 3.63) is 41.6 Å². The first kappa shape index (κ1) is 14.7. The smallest absolute Gasteiger partial charge is 0.240 e. The van der Waals surface area contributed by atoms with Crippen LogP contribution in [0.15, 0.2) is 33.9 Å².